The first-order valence-corrected chi connectivity index (χ1v) is 3.57. The van der Waals surface area contributed by atoms with Crippen molar-refractivity contribution < 1.29 is 27.4 Å². The van der Waals surface area contributed by atoms with Crippen LogP contribution in [-0.4, -0.2) is 12.6 Å². The van der Waals surface area contributed by atoms with Gasteiger partial charge in [-0.25, -0.2) is 4.39 Å². The van der Waals surface area contributed by atoms with E-state index < -0.39 is 23.4 Å². The van der Waals surface area contributed by atoms with Crippen LogP contribution in [0.5, 0.6) is 11.5 Å². The summed E-state index contributed by atoms with van der Waals surface area (Å²) in [5, 5.41) is 0. The molecule has 1 aliphatic heterocycles. The minimum atomic E-state index is -3.84. The van der Waals surface area contributed by atoms with Gasteiger partial charge in [-0.15, -0.1) is 8.78 Å². The van der Waals surface area contributed by atoms with Crippen molar-refractivity contribution in [2.75, 3.05) is 0 Å². The minimum absolute atomic E-state index is 0.0962. The van der Waals surface area contributed by atoms with E-state index in [0.717, 1.165) is 12.1 Å². The number of hydrogen-bond donors (Lipinski definition) is 0. The van der Waals surface area contributed by atoms with E-state index in [4.69, 9.17) is 0 Å². The summed E-state index contributed by atoms with van der Waals surface area (Å²) in [6.45, 7) is 0. The van der Waals surface area contributed by atoms with Crippen LogP contribution >= 0.6 is 0 Å². The molecule has 0 spiro atoms. The fraction of sp³-hybridized carbons (Fsp3) is 0.125. The Morgan fingerprint density at radius 1 is 1.29 bits per heavy atom. The monoisotopic (exact) mass is 204 g/mol. The molecular formula is C8H3F3O3. The van der Waals surface area contributed by atoms with Crippen molar-refractivity contribution in [3.63, 3.8) is 0 Å². The first-order valence-electron chi connectivity index (χ1n) is 3.57. The number of fused-ring (bicyclic) bond motifs is 1. The van der Waals surface area contributed by atoms with Crippen LogP contribution in [0.25, 0.3) is 0 Å². The summed E-state index contributed by atoms with van der Waals surface area (Å²) < 4.78 is 45.9. The van der Waals surface area contributed by atoms with E-state index in [0.29, 0.717) is 0 Å². The molecule has 0 radical (unpaired) electrons. The van der Waals surface area contributed by atoms with Crippen LogP contribution in [0.2, 0.25) is 0 Å². The van der Waals surface area contributed by atoms with Crippen molar-refractivity contribution in [1.82, 2.24) is 0 Å². The normalized spacial score (nSPS) is 16.8. The Kier molecular flexibility index (Phi) is 1.67. The van der Waals surface area contributed by atoms with Crippen molar-refractivity contribution in [3.8, 4) is 11.5 Å². The molecule has 1 aromatic rings. The molecule has 6 heteroatoms. The molecule has 0 aromatic heterocycles. The van der Waals surface area contributed by atoms with Crippen LogP contribution < -0.4 is 9.47 Å². The second-order valence-electron chi connectivity index (χ2n) is 2.57. The molecule has 14 heavy (non-hydrogen) atoms. The lowest BCUT2D eigenvalue weighted by molar-refractivity contribution is -0.286. The van der Waals surface area contributed by atoms with Gasteiger partial charge in [0, 0.05) is 0 Å². The molecule has 0 bridgehead atoms. The zero-order valence-corrected chi connectivity index (χ0v) is 6.59. The molecular weight excluding hydrogens is 201 g/mol. The van der Waals surface area contributed by atoms with Crippen molar-refractivity contribution in [3.05, 3.63) is 23.5 Å². The van der Waals surface area contributed by atoms with Crippen LogP contribution in [0.3, 0.4) is 0 Å². The van der Waals surface area contributed by atoms with Crippen LogP contribution in [0, 0.1) is 5.82 Å². The van der Waals surface area contributed by atoms with E-state index in [-0.39, 0.29) is 12.0 Å². The van der Waals surface area contributed by atoms with Gasteiger partial charge in [-0.2, -0.15) is 0 Å². The Morgan fingerprint density at radius 3 is 2.64 bits per heavy atom. The standard InChI is InChI=1S/C8H3F3O3/c9-5-1-2-6-7(4(5)3-12)14-8(10,11)13-6/h1-3H. The molecule has 0 amide bonds. The predicted molar refractivity (Wildman–Crippen MR) is 38.0 cm³/mol. The molecule has 0 atom stereocenters. The maximum Gasteiger partial charge on any atom is 0.586 e. The summed E-state index contributed by atoms with van der Waals surface area (Å²) in [6.07, 6.45) is -3.74. The summed E-state index contributed by atoms with van der Waals surface area (Å²) >= 11 is 0. The quantitative estimate of drug-likeness (QED) is 0.656. The molecule has 0 aliphatic carbocycles. The average molecular weight is 204 g/mol. The highest BCUT2D eigenvalue weighted by Gasteiger charge is 2.45. The number of carbonyl (C=O) groups is 1. The van der Waals surface area contributed by atoms with Gasteiger partial charge >= 0.3 is 6.29 Å². The summed E-state index contributed by atoms with van der Waals surface area (Å²) in [4.78, 5) is 10.4. The Hall–Kier alpha value is -1.72. The largest absolute Gasteiger partial charge is 0.586 e. The van der Waals surface area contributed by atoms with E-state index in [1.807, 2.05) is 0 Å². The number of halogens is 3. The average Bonchev–Trinajstić information content (AvgIpc) is 2.39. The second-order valence-corrected chi connectivity index (χ2v) is 2.57. The number of hydrogen-bond acceptors (Lipinski definition) is 3. The van der Waals surface area contributed by atoms with Crippen molar-refractivity contribution >= 4 is 6.29 Å². The topological polar surface area (TPSA) is 35.5 Å². The zero-order valence-electron chi connectivity index (χ0n) is 6.59. The van der Waals surface area contributed by atoms with Crippen molar-refractivity contribution in [1.29, 1.82) is 0 Å². The summed E-state index contributed by atoms with van der Waals surface area (Å²) in [5.41, 5.74) is -0.570. The summed E-state index contributed by atoms with van der Waals surface area (Å²) in [6, 6.07) is 1.83. The number of rotatable bonds is 1. The van der Waals surface area contributed by atoms with Gasteiger partial charge in [0.2, 0.25) is 0 Å². The lowest BCUT2D eigenvalue weighted by Gasteiger charge is -2.04. The fourth-order valence-electron chi connectivity index (χ4n) is 1.12. The minimum Gasteiger partial charge on any atom is -0.395 e. The van der Waals surface area contributed by atoms with E-state index in [2.05, 4.69) is 9.47 Å². The van der Waals surface area contributed by atoms with Crippen LogP contribution in [0.15, 0.2) is 12.1 Å². The third-order valence-electron chi connectivity index (χ3n) is 1.67. The summed E-state index contributed by atoms with van der Waals surface area (Å²) in [5.74, 6) is -1.84. The smallest absolute Gasteiger partial charge is 0.395 e. The maximum atomic E-state index is 12.9. The molecule has 0 unspecified atom stereocenters. The molecule has 0 saturated heterocycles. The number of ether oxygens (including phenoxy) is 2. The third kappa shape index (κ3) is 1.19. The molecule has 1 aliphatic rings. The highest BCUT2D eigenvalue weighted by Crippen LogP contribution is 2.43. The van der Waals surface area contributed by atoms with Gasteiger partial charge in [-0.1, -0.05) is 0 Å². The molecule has 1 heterocycles. The van der Waals surface area contributed by atoms with Crippen molar-refractivity contribution in [2.45, 2.75) is 6.29 Å². The Labute approximate surface area is 76.0 Å². The molecule has 0 N–H and O–H groups in total. The van der Waals surface area contributed by atoms with E-state index in [1.54, 1.807) is 0 Å². The Balaban J connectivity index is 2.57. The molecule has 0 saturated carbocycles. The molecule has 2 rings (SSSR count). The van der Waals surface area contributed by atoms with Crippen LogP contribution in [0.4, 0.5) is 13.2 Å². The third-order valence-corrected chi connectivity index (χ3v) is 1.67. The predicted octanol–water partition coefficient (Wildman–Crippen LogP) is 1.96. The summed E-state index contributed by atoms with van der Waals surface area (Å²) in [7, 11) is 0. The van der Waals surface area contributed by atoms with Gasteiger partial charge in [0.25, 0.3) is 0 Å². The van der Waals surface area contributed by atoms with E-state index in [9.17, 15) is 18.0 Å². The van der Waals surface area contributed by atoms with Gasteiger partial charge in [-0.3, -0.25) is 4.79 Å². The van der Waals surface area contributed by atoms with Gasteiger partial charge in [0.05, 0.1) is 5.56 Å². The van der Waals surface area contributed by atoms with Gasteiger partial charge in [0.15, 0.2) is 17.8 Å². The first-order chi connectivity index (χ1) is 6.53. The van der Waals surface area contributed by atoms with Crippen LogP contribution in [0.1, 0.15) is 10.4 Å². The lowest BCUT2D eigenvalue weighted by Crippen LogP contribution is -2.26. The molecule has 3 nitrogen and oxygen atoms in total. The number of benzene rings is 1. The highest BCUT2D eigenvalue weighted by molar-refractivity contribution is 5.82. The zero-order chi connectivity index (χ0) is 10.3. The van der Waals surface area contributed by atoms with E-state index in [1.165, 1.54) is 0 Å². The van der Waals surface area contributed by atoms with E-state index >= 15 is 0 Å². The first kappa shape index (κ1) is 8.86. The van der Waals surface area contributed by atoms with Crippen LogP contribution in [-0.2, 0) is 0 Å². The molecule has 74 valence electrons. The Bertz CT molecular complexity index is 403. The van der Waals surface area contributed by atoms with Gasteiger partial charge in [-0.05, 0) is 12.1 Å². The lowest BCUT2D eigenvalue weighted by atomic mass is 10.2. The number of carbonyl (C=O) groups excluding carboxylic acids is 1. The van der Waals surface area contributed by atoms with Gasteiger partial charge < -0.3 is 9.47 Å². The van der Waals surface area contributed by atoms with Gasteiger partial charge in [0.1, 0.15) is 5.82 Å². The maximum absolute atomic E-state index is 12.9. The molecule has 1 aromatic carbocycles. The highest BCUT2D eigenvalue weighted by atomic mass is 19.3. The SMILES string of the molecule is O=Cc1c(F)ccc2c1OC(F)(F)O2. The number of aldehydes is 1. The molecule has 0 fully saturated rings. The second kappa shape index (κ2) is 2.63. The number of alkyl halides is 2. The Morgan fingerprint density at radius 2 is 2.00 bits per heavy atom. The van der Waals surface area contributed by atoms with Crippen molar-refractivity contribution in [2.24, 2.45) is 0 Å². The fourth-order valence-corrected chi connectivity index (χ4v) is 1.12.